The van der Waals surface area contributed by atoms with Crippen molar-refractivity contribution in [2.24, 2.45) is 0 Å². The number of para-hydroxylation sites is 2. The fraction of sp³-hybridized carbons (Fsp3) is 0.529. The number of thiocarbonyl (C=S) groups is 1. The molecule has 1 heterocycles. The van der Waals surface area contributed by atoms with E-state index in [0.29, 0.717) is 6.04 Å². The van der Waals surface area contributed by atoms with Crippen molar-refractivity contribution in [3.05, 3.63) is 30.1 Å². The molecule has 5 heteroatoms. The maximum atomic E-state index is 5.52. The lowest BCUT2D eigenvalue weighted by atomic mass is 9.94. The highest BCUT2D eigenvalue weighted by Crippen LogP contribution is 2.23. The van der Waals surface area contributed by atoms with Crippen LogP contribution >= 0.6 is 12.2 Å². The number of aromatic nitrogens is 2. The molecule has 4 nitrogen and oxygen atoms in total. The quantitative estimate of drug-likeness (QED) is 0.850. The van der Waals surface area contributed by atoms with Crippen LogP contribution in [0.4, 0.5) is 0 Å². The Balaban J connectivity index is 1.68. The molecule has 3 rings (SSSR count). The summed E-state index contributed by atoms with van der Waals surface area (Å²) in [5, 5.41) is 4.02. The standard InChI is InChI=1S/C17H24N4S/c1-18-17(22)21(13-7-3-2-4-8-13)12-11-16-19-14-9-5-6-10-15(14)20-16/h5-6,9-10,13H,2-4,7-8,11-12H2,1H3,(H,18,22)(H,19,20). The molecule has 2 aromatic rings. The number of hydrogen-bond donors (Lipinski definition) is 2. The van der Waals surface area contributed by atoms with Crippen molar-refractivity contribution >= 4 is 28.4 Å². The van der Waals surface area contributed by atoms with Gasteiger partial charge in [-0.3, -0.25) is 0 Å². The predicted octanol–water partition coefficient (Wildman–Crippen LogP) is 3.24. The van der Waals surface area contributed by atoms with Crippen LogP contribution in [0.3, 0.4) is 0 Å². The summed E-state index contributed by atoms with van der Waals surface area (Å²) in [6.07, 6.45) is 7.40. The van der Waals surface area contributed by atoms with Crippen LogP contribution in [0.2, 0.25) is 0 Å². The third-order valence-corrected chi connectivity index (χ3v) is 4.96. The van der Waals surface area contributed by atoms with Gasteiger partial charge in [-0.05, 0) is 37.2 Å². The molecule has 0 atom stereocenters. The number of rotatable bonds is 4. The number of nitrogens with zero attached hydrogens (tertiary/aromatic N) is 2. The van der Waals surface area contributed by atoms with Crippen LogP contribution in [0, 0.1) is 0 Å². The average molecular weight is 316 g/mol. The monoisotopic (exact) mass is 316 g/mol. The first kappa shape index (κ1) is 15.3. The number of imidazole rings is 1. The molecular weight excluding hydrogens is 292 g/mol. The van der Waals surface area contributed by atoms with Crippen molar-refractivity contribution in [3.63, 3.8) is 0 Å². The summed E-state index contributed by atoms with van der Waals surface area (Å²) in [5.74, 6) is 1.04. The van der Waals surface area contributed by atoms with Gasteiger partial charge in [0.05, 0.1) is 11.0 Å². The number of H-pyrrole nitrogens is 1. The lowest BCUT2D eigenvalue weighted by Crippen LogP contribution is -2.46. The normalized spacial score (nSPS) is 15.9. The molecule has 0 unspecified atom stereocenters. The van der Waals surface area contributed by atoms with Crippen LogP contribution < -0.4 is 5.32 Å². The third-order valence-electron chi connectivity index (χ3n) is 4.52. The Bertz CT molecular complexity index is 597. The Kier molecular flexibility index (Phi) is 4.93. The minimum atomic E-state index is 0.582. The summed E-state index contributed by atoms with van der Waals surface area (Å²) in [4.78, 5) is 10.4. The molecule has 0 radical (unpaired) electrons. The van der Waals surface area contributed by atoms with Crippen molar-refractivity contribution in [3.8, 4) is 0 Å². The smallest absolute Gasteiger partial charge is 0.168 e. The SMILES string of the molecule is CNC(=S)N(CCc1nc2ccccc2[nH]1)C1CCCCC1. The number of nitrogens with one attached hydrogen (secondary N) is 2. The Hall–Kier alpha value is -1.62. The molecule has 22 heavy (non-hydrogen) atoms. The van der Waals surface area contributed by atoms with Gasteiger partial charge in [-0.1, -0.05) is 31.4 Å². The number of fused-ring (bicyclic) bond motifs is 1. The van der Waals surface area contributed by atoms with Crippen LogP contribution in [0.1, 0.15) is 37.9 Å². The van der Waals surface area contributed by atoms with Gasteiger partial charge in [0.1, 0.15) is 5.82 Å². The zero-order valence-electron chi connectivity index (χ0n) is 13.1. The third kappa shape index (κ3) is 3.40. The minimum Gasteiger partial charge on any atom is -0.366 e. The molecule has 0 spiro atoms. The molecule has 0 amide bonds. The molecule has 2 N–H and O–H groups in total. The molecule has 1 aliphatic carbocycles. The summed E-state index contributed by atoms with van der Waals surface area (Å²) in [6.45, 7) is 0.921. The van der Waals surface area contributed by atoms with E-state index in [1.165, 1.54) is 32.1 Å². The fourth-order valence-corrected chi connectivity index (χ4v) is 3.58. The van der Waals surface area contributed by atoms with Crippen molar-refractivity contribution < 1.29 is 0 Å². The van der Waals surface area contributed by atoms with Crippen molar-refractivity contribution in [1.29, 1.82) is 0 Å². The van der Waals surface area contributed by atoms with Gasteiger partial charge in [0.25, 0.3) is 0 Å². The fourth-order valence-electron chi connectivity index (χ4n) is 3.34. The average Bonchev–Trinajstić information content (AvgIpc) is 2.98. The van der Waals surface area contributed by atoms with Gasteiger partial charge in [-0.2, -0.15) is 0 Å². The van der Waals surface area contributed by atoms with E-state index in [-0.39, 0.29) is 0 Å². The molecule has 1 aromatic heterocycles. The zero-order valence-corrected chi connectivity index (χ0v) is 14.0. The lowest BCUT2D eigenvalue weighted by molar-refractivity contribution is 0.243. The van der Waals surface area contributed by atoms with Crippen molar-refractivity contribution in [2.45, 2.75) is 44.6 Å². The first-order chi connectivity index (χ1) is 10.8. The molecule has 0 aliphatic heterocycles. The maximum absolute atomic E-state index is 5.52. The van der Waals surface area contributed by atoms with Gasteiger partial charge in [-0.15, -0.1) is 0 Å². The van der Waals surface area contributed by atoms with E-state index in [1.54, 1.807) is 0 Å². The number of aromatic amines is 1. The van der Waals surface area contributed by atoms with Gasteiger partial charge in [0.15, 0.2) is 5.11 Å². The van der Waals surface area contributed by atoms with Crippen molar-refractivity contribution in [2.75, 3.05) is 13.6 Å². The van der Waals surface area contributed by atoms with E-state index in [4.69, 9.17) is 12.2 Å². The molecular formula is C17H24N4S. The molecule has 1 aromatic carbocycles. The van der Waals surface area contributed by atoms with E-state index in [1.807, 2.05) is 25.2 Å². The summed E-state index contributed by atoms with van der Waals surface area (Å²) < 4.78 is 0. The molecule has 1 saturated carbocycles. The van der Waals surface area contributed by atoms with E-state index >= 15 is 0 Å². The molecule has 1 aliphatic rings. The van der Waals surface area contributed by atoms with Crippen LogP contribution in [0.15, 0.2) is 24.3 Å². The summed E-state index contributed by atoms with van der Waals surface area (Å²) in [6, 6.07) is 8.76. The van der Waals surface area contributed by atoms with Crippen LogP contribution in [-0.4, -0.2) is 39.6 Å². The molecule has 0 saturated heterocycles. The second-order valence-electron chi connectivity index (χ2n) is 5.99. The number of benzene rings is 1. The van der Waals surface area contributed by atoms with Crippen LogP contribution in [0.5, 0.6) is 0 Å². The van der Waals surface area contributed by atoms with E-state index in [9.17, 15) is 0 Å². The summed E-state index contributed by atoms with van der Waals surface area (Å²) in [5.41, 5.74) is 2.15. The van der Waals surface area contributed by atoms with Crippen LogP contribution in [0.25, 0.3) is 11.0 Å². The molecule has 1 fully saturated rings. The predicted molar refractivity (Wildman–Crippen MR) is 95.0 cm³/mol. The highest BCUT2D eigenvalue weighted by Gasteiger charge is 2.22. The zero-order chi connectivity index (χ0) is 15.4. The second-order valence-corrected chi connectivity index (χ2v) is 6.38. The lowest BCUT2D eigenvalue weighted by Gasteiger charge is -2.35. The Labute approximate surface area is 137 Å². The Morgan fingerprint density at radius 2 is 2.09 bits per heavy atom. The first-order valence-electron chi connectivity index (χ1n) is 8.20. The Morgan fingerprint density at radius 3 is 2.82 bits per heavy atom. The van der Waals surface area contributed by atoms with Crippen LogP contribution in [-0.2, 0) is 6.42 Å². The topological polar surface area (TPSA) is 44.0 Å². The van der Waals surface area contributed by atoms with Crippen molar-refractivity contribution in [1.82, 2.24) is 20.2 Å². The van der Waals surface area contributed by atoms with Gasteiger partial charge in [0.2, 0.25) is 0 Å². The Morgan fingerprint density at radius 1 is 1.32 bits per heavy atom. The first-order valence-corrected chi connectivity index (χ1v) is 8.61. The summed E-state index contributed by atoms with van der Waals surface area (Å²) >= 11 is 5.52. The van der Waals surface area contributed by atoms with E-state index < -0.39 is 0 Å². The van der Waals surface area contributed by atoms with E-state index in [0.717, 1.165) is 34.9 Å². The van der Waals surface area contributed by atoms with E-state index in [2.05, 4.69) is 26.3 Å². The largest absolute Gasteiger partial charge is 0.366 e. The van der Waals surface area contributed by atoms with Gasteiger partial charge >= 0.3 is 0 Å². The molecule has 118 valence electrons. The summed E-state index contributed by atoms with van der Waals surface area (Å²) in [7, 11) is 1.92. The second kappa shape index (κ2) is 7.09. The van der Waals surface area contributed by atoms with Gasteiger partial charge in [0, 0.05) is 26.1 Å². The minimum absolute atomic E-state index is 0.582. The maximum Gasteiger partial charge on any atom is 0.168 e. The van der Waals surface area contributed by atoms with Gasteiger partial charge < -0.3 is 15.2 Å². The number of hydrogen-bond acceptors (Lipinski definition) is 2. The highest BCUT2D eigenvalue weighted by molar-refractivity contribution is 7.80. The molecule has 0 bridgehead atoms. The highest BCUT2D eigenvalue weighted by atomic mass is 32.1. The van der Waals surface area contributed by atoms with Gasteiger partial charge in [-0.25, -0.2) is 4.98 Å².